The Kier molecular flexibility index (Phi) is 6.45. The molecule has 35 heavy (non-hydrogen) atoms. The van der Waals surface area contributed by atoms with Gasteiger partial charge in [0.25, 0.3) is 5.91 Å². The smallest absolute Gasteiger partial charge is 0.336 e. The van der Waals surface area contributed by atoms with Crippen LogP contribution in [0.15, 0.2) is 63.8 Å². The van der Waals surface area contributed by atoms with Crippen molar-refractivity contribution in [1.29, 1.82) is 0 Å². The van der Waals surface area contributed by atoms with Crippen LogP contribution in [0.4, 0.5) is 0 Å². The molecule has 2 aromatic carbocycles. The first-order valence-electron chi connectivity index (χ1n) is 10.3. The number of nitrogens with one attached hydrogen (secondary N) is 1. The molecule has 2 aromatic rings. The molecule has 0 saturated heterocycles. The minimum atomic E-state index is -3.68. The SMILES string of the molecule is CP(=O)(O)OCCNC(=O)c1ccc(-c2c3ccc(=O)cc-3oc3cc(O)ccc23)c(C(=O)O)c1. The third-order valence-corrected chi connectivity index (χ3v) is 5.84. The van der Waals surface area contributed by atoms with Crippen LogP contribution in [0.3, 0.4) is 0 Å². The molecule has 1 atom stereocenters. The number of carbonyl (C=O) groups excluding carboxylic acids is 1. The maximum Gasteiger partial charge on any atom is 0.336 e. The molecule has 180 valence electrons. The Morgan fingerprint density at radius 1 is 1.06 bits per heavy atom. The molecule has 4 rings (SSSR count). The number of benzene rings is 3. The van der Waals surface area contributed by atoms with Crippen molar-refractivity contribution < 1.29 is 38.2 Å². The van der Waals surface area contributed by atoms with Gasteiger partial charge in [0.05, 0.1) is 12.2 Å². The number of aromatic hydroxyl groups is 1. The van der Waals surface area contributed by atoms with Crippen LogP contribution < -0.4 is 10.7 Å². The molecular weight excluding hydrogens is 477 g/mol. The van der Waals surface area contributed by atoms with E-state index in [4.69, 9.17) is 13.8 Å². The van der Waals surface area contributed by atoms with Crippen LogP contribution >= 0.6 is 7.60 Å². The fourth-order valence-corrected chi connectivity index (χ4v) is 4.14. The number of phenols is 1. The number of hydrogen-bond acceptors (Lipinski definition) is 7. The number of carbonyl (C=O) groups is 2. The second-order valence-electron chi connectivity index (χ2n) is 7.77. The van der Waals surface area contributed by atoms with Crippen molar-refractivity contribution in [2.75, 3.05) is 19.8 Å². The average Bonchev–Trinajstić information content (AvgIpc) is 2.79. The van der Waals surface area contributed by atoms with E-state index in [0.29, 0.717) is 16.5 Å². The van der Waals surface area contributed by atoms with Gasteiger partial charge in [0.2, 0.25) is 0 Å². The van der Waals surface area contributed by atoms with Crippen LogP contribution in [-0.2, 0) is 9.09 Å². The average molecular weight is 497 g/mol. The monoisotopic (exact) mass is 497 g/mol. The molecule has 11 heteroatoms. The van der Waals surface area contributed by atoms with E-state index < -0.39 is 19.5 Å². The van der Waals surface area contributed by atoms with Crippen LogP contribution in [-0.4, -0.2) is 46.8 Å². The van der Waals surface area contributed by atoms with Gasteiger partial charge in [-0.05, 0) is 42.0 Å². The van der Waals surface area contributed by atoms with E-state index in [0.717, 1.165) is 6.66 Å². The van der Waals surface area contributed by atoms with Gasteiger partial charge in [-0.1, -0.05) is 6.07 Å². The third kappa shape index (κ3) is 5.25. The quantitative estimate of drug-likeness (QED) is 0.170. The molecule has 1 unspecified atom stereocenters. The van der Waals surface area contributed by atoms with Gasteiger partial charge in [-0.3, -0.25) is 14.2 Å². The Balaban J connectivity index is 1.81. The standard InChI is InChI=1S/C24H20NO9P/c1-35(31,32)33-9-8-25-23(28)13-2-5-16(19(10-13)24(29)30)22-17-6-3-14(26)11-20(17)34-21-12-15(27)4-7-18(21)22/h2-7,10-12,26H,8-9H2,1H3,(H,25,28)(H,29,30)(H,31,32). The van der Waals surface area contributed by atoms with E-state index in [1.54, 1.807) is 6.07 Å². The second-order valence-corrected chi connectivity index (χ2v) is 9.64. The van der Waals surface area contributed by atoms with Gasteiger partial charge in [0.15, 0.2) is 5.43 Å². The second kappa shape index (κ2) is 9.34. The van der Waals surface area contributed by atoms with Crippen LogP contribution in [0, 0.1) is 0 Å². The molecule has 4 N–H and O–H groups in total. The van der Waals surface area contributed by atoms with E-state index in [1.165, 1.54) is 48.5 Å². The lowest BCUT2D eigenvalue weighted by molar-refractivity contribution is 0.0697. The Bertz CT molecular complexity index is 1540. The number of aromatic carboxylic acids is 1. The molecular formula is C24H20NO9P. The highest BCUT2D eigenvalue weighted by Gasteiger charge is 2.23. The number of carboxylic acid groups (broad SMARTS) is 1. The molecule has 0 saturated carbocycles. The fourth-order valence-electron chi connectivity index (χ4n) is 3.71. The highest BCUT2D eigenvalue weighted by Crippen LogP contribution is 2.42. The number of rotatable bonds is 7. The van der Waals surface area contributed by atoms with Gasteiger partial charge in [-0.2, -0.15) is 0 Å². The number of amides is 1. The highest BCUT2D eigenvalue weighted by molar-refractivity contribution is 7.51. The molecule has 1 amide bonds. The molecule has 2 aliphatic rings. The van der Waals surface area contributed by atoms with Gasteiger partial charge in [0, 0.05) is 47.4 Å². The van der Waals surface area contributed by atoms with Crippen LogP contribution in [0.1, 0.15) is 20.7 Å². The summed E-state index contributed by atoms with van der Waals surface area (Å²) in [6.45, 7) is 0.772. The summed E-state index contributed by atoms with van der Waals surface area (Å²) in [7, 11) is -3.68. The Labute approximate surface area is 198 Å². The topological polar surface area (TPSA) is 163 Å². The van der Waals surface area contributed by atoms with Crippen molar-refractivity contribution in [3.63, 3.8) is 0 Å². The van der Waals surface area contributed by atoms with Crippen molar-refractivity contribution in [3.05, 3.63) is 75.9 Å². The number of fused-ring (bicyclic) bond motifs is 2. The maximum atomic E-state index is 12.5. The van der Waals surface area contributed by atoms with E-state index in [-0.39, 0.29) is 52.4 Å². The summed E-state index contributed by atoms with van der Waals surface area (Å²) in [5, 5.41) is 22.8. The summed E-state index contributed by atoms with van der Waals surface area (Å²) < 4.78 is 21.7. The van der Waals surface area contributed by atoms with E-state index in [9.17, 15) is 29.2 Å². The van der Waals surface area contributed by atoms with Gasteiger partial charge < -0.3 is 29.4 Å². The van der Waals surface area contributed by atoms with Crippen molar-refractivity contribution in [1.82, 2.24) is 5.32 Å². The molecule has 10 nitrogen and oxygen atoms in total. The maximum absolute atomic E-state index is 12.5. The fraction of sp³-hybridized carbons (Fsp3) is 0.125. The summed E-state index contributed by atoms with van der Waals surface area (Å²) in [5.41, 5.74) is 1.04. The van der Waals surface area contributed by atoms with Crippen molar-refractivity contribution in [2.45, 2.75) is 0 Å². The van der Waals surface area contributed by atoms with Gasteiger partial charge >= 0.3 is 13.6 Å². The Hall–Kier alpha value is -3.98. The lowest BCUT2D eigenvalue weighted by Gasteiger charge is -2.17. The lowest BCUT2D eigenvalue weighted by Crippen LogP contribution is -2.27. The highest BCUT2D eigenvalue weighted by atomic mass is 31.2. The molecule has 0 aromatic heterocycles. The number of hydrogen-bond donors (Lipinski definition) is 4. The molecule has 1 aliphatic heterocycles. The third-order valence-electron chi connectivity index (χ3n) is 5.18. The summed E-state index contributed by atoms with van der Waals surface area (Å²) in [6, 6.07) is 12.6. The molecule has 0 spiro atoms. The minimum Gasteiger partial charge on any atom is -0.508 e. The predicted octanol–water partition coefficient (Wildman–Crippen LogP) is 3.53. The number of carboxylic acids is 1. The summed E-state index contributed by atoms with van der Waals surface area (Å²) in [4.78, 5) is 45.8. The first kappa shape index (κ1) is 24.2. The molecule has 1 aliphatic carbocycles. The van der Waals surface area contributed by atoms with Crippen LogP contribution in [0.2, 0.25) is 0 Å². The van der Waals surface area contributed by atoms with Crippen molar-refractivity contribution in [2.24, 2.45) is 0 Å². The van der Waals surface area contributed by atoms with Crippen molar-refractivity contribution in [3.8, 4) is 28.2 Å². The zero-order valence-electron chi connectivity index (χ0n) is 18.3. The minimum absolute atomic E-state index is 0.0577. The van der Waals surface area contributed by atoms with Gasteiger partial charge in [-0.15, -0.1) is 0 Å². The lowest BCUT2D eigenvalue weighted by atomic mass is 9.90. The Morgan fingerprint density at radius 3 is 2.51 bits per heavy atom. The van der Waals surface area contributed by atoms with E-state index in [2.05, 4.69) is 5.32 Å². The van der Waals surface area contributed by atoms with Crippen LogP contribution in [0.25, 0.3) is 33.4 Å². The van der Waals surface area contributed by atoms with E-state index in [1.807, 2.05) is 0 Å². The molecule has 0 radical (unpaired) electrons. The number of phenolic OH excluding ortho intramolecular Hbond substituents is 1. The first-order valence-corrected chi connectivity index (χ1v) is 12.4. The summed E-state index contributed by atoms with van der Waals surface area (Å²) >= 11 is 0. The Morgan fingerprint density at radius 2 is 1.80 bits per heavy atom. The van der Waals surface area contributed by atoms with Gasteiger partial charge in [-0.25, -0.2) is 4.79 Å². The molecule has 1 heterocycles. The summed E-state index contributed by atoms with van der Waals surface area (Å²) in [5.74, 6) is -1.74. The summed E-state index contributed by atoms with van der Waals surface area (Å²) in [6.07, 6.45) is 0. The normalized spacial score (nSPS) is 13.0. The zero-order chi connectivity index (χ0) is 25.3. The van der Waals surface area contributed by atoms with Crippen molar-refractivity contribution >= 4 is 30.4 Å². The zero-order valence-corrected chi connectivity index (χ0v) is 19.2. The molecule has 0 fully saturated rings. The van der Waals surface area contributed by atoms with Crippen LogP contribution in [0.5, 0.6) is 5.75 Å². The largest absolute Gasteiger partial charge is 0.508 e. The van der Waals surface area contributed by atoms with Gasteiger partial charge in [0.1, 0.15) is 17.1 Å². The van der Waals surface area contributed by atoms with E-state index >= 15 is 0 Å². The predicted molar refractivity (Wildman–Crippen MR) is 127 cm³/mol. The molecule has 0 bridgehead atoms. The first-order chi connectivity index (χ1) is 16.5.